The van der Waals surface area contributed by atoms with Gasteiger partial charge in [-0.2, -0.15) is 5.10 Å². The first kappa shape index (κ1) is 15.0. The Morgan fingerprint density at radius 1 is 1.29 bits per heavy atom. The number of carbonyl (C=O) groups is 1. The number of ether oxygens (including phenoxy) is 1. The van der Waals surface area contributed by atoms with Gasteiger partial charge in [0.1, 0.15) is 5.76 Å². The molecule has 3 aromatic rings. The summed E-state index contributed by atoms with van der Waals surface area (Å²) in [6, 6.07) is 11.3. The van der Waals surface area contributed by atoms with Crippen LogP contribution in [0.15, 0.2) is 47.1 Å². The Bertz CT molecular complexity index is 819. The molecule has 6 nitrogen and oxygen atoms in total. The van der Waals surface area contributed by atoms with Crippen molar-refractivity contribution in [2.24, 2.45) is 0 Å². The monoisotopic (exact) mass is 325 g/mol. The van der Waals surface area contributed by atoms with Crippen molar-refractivity contribution in [3.05, 3.63) is 54.1 Å². The van der Waals surface area contributed by atoms with E-state index in [1.165, 1.54) is 0 Å². The zero-order valence-electron chi connectivity index (χ0n) is 13.3. The topological polar surface area (TPSA) is 71.4 Å². The molecule has 0 spiro atoms. The standard InChI is InChI=1S/C18H19N3O3/c22-18(17-15-7-1-2-8-16(15)19-20-17)21(11-13-5-3-9-23-13)12-14-6-4-10-24-14/h1-3,5,7-9,14H,4,6,10-12H2,(H,19,20). The molecule has 2 aromatic heterocycles. The van der Waals surface area contributed by atoms with Crippen LogP contribution in [-0.4, -0.2) is 40.3 Å². The molecule has 0 aliphatic carbocycles. The number of aromatic amines is 1. The van der Waals surface area contributed by atoms with E-state index < -0.39 is 0 Å². The predicted octanol–water partition coefficient (Wildman–Crippen LogP) is 2.98. The Morgan fingerprint density at radius 2 is 2.21 bits per heavy atom. The number of para-hydroxylation sites is 1. The van der Waals surface area contributed by atoms with Crippen LogP contribution in [0.25, 0.3) is 10.9 Å². The molecule has 24 heavy (non-hydrogen) atoms. The molecule has 0 radical (unpaired) electrons. The van der Waals surface area contributed by atoms with Crippen LogP contribution >= 0.6 is 0 Å². The van der Waals surface area contributed by atoms with Crippen molar-refractivity contribution in [2.45, 2.75) is 25.5 Å². The van der Waals surface area contributed by atoms with Crippen LogP contribution in [0.5, 0.6) is 0 Å². The van der Waals surface area contributed by atoms with Gasteiger partial charge < -0.3 is 14.1 Å². The summed E-state index contributed by atoms with van der Waals surface area (Å²) < 4.78 is 11.1. The Morgan fingerprint density at radius 3 is 3.00 bits per heavy atom. The second-order valence-corrected chi connectivity index (χ2v) is 6.02. The second-order valence-electron chi connectivity index (χ2n) is 6.02. The molecule has 1 fully saturated rings. The molecule has 0 bridgehead atoms. The summed E-state index contributed by atoms with van der Waals surface area (Å²) in [4.78, 5) is 14.8. The first-order valence-electron chi connectivity index (χ1n) is 8.17. The van der Waals surface area contributed by atoms with E-state index in [0.29, 0.717) is 18.8 Å². The normalized spacial score (nSPS) is 17.4. The van der Waals surface area contributed by atoms with E-state index in [9.17, 15) is 4.79 Å². The van der Waals surface area contributed by atoms with Crippen LogP contribution in [-0.2, 0) is 11.3 Å². The summed E-state index contributed by atoms with van der Waals surface area (Å²) in [5.74, 6) is 0.639. The quantitative estimate of drug-likeness (QED) is 0.783. The van der Waals surface area contributed by atoms with Crippen molar-refractivity contribution >= 4 is 16.8 Å². The van der Waals surface area contributed by atoms with Gasteiger partial charge in [-0.1, -0.05) is 18.2 Å². The molecule has 1 unspecified atom stereocenters. The minimum absolute atomic E-state index is 0.0779. The number of nitrogens with zero attached hydrogens (tertiary/aromatic N) is 2. The number of hydrogen-bond acceptors (Lipinski definition) is 4. The lowest BCUT2D eigenvalue weighted by Crippen LogP contribution is -2.37. The van der Waals surface area contributed by atoms with E-state index in [2.05, 4.69) is 10.2 Å². The SMILES string of the molecule is O=C(c1n[nH]c2ccccc12)N(Cc1ccco1)CC1CCCO1. The molecule has 4 rings (SSSR count). The van der Waals surface area contributed by atoms with Gasteiger partial charge in [0.15, 0.2) is 5.69 Å². The number of H-pyrrole nitrogens is 1. The summed E-state index contributed by atoms with van der Waals surface area (Å²) in [7, 11) is 0. The lowest BCUT2D eigenvalue weighted by molar-refractivity contribution is 0.0488. The van der Waals surface area contributed by atoms with Gasteiger partial charge in [0.2, 0.25) is 0 Å². The predicted molar refractivity (Wildman–Crippen MR) is 88.5 cm³/mol. The van der Waals surface area contributed by atoms with Gasteiger partial charge in [0, 0.05) is 18.5 Å². The molecule has 1 saturated heterocycles. The van der Waals surface area contributed by atoms with Gasteiger partial charge in [0.25, 0.3) is 5.91 Å². The van der Waals surface area contributed by atoms with Gasteiger partial charge in [-0.15, -0.1) is 0 Å². The van der Waals surface area contributed by atoms with Crippen molar-refractivity contribution in [1.82, 2.24) is 15.1 Å². The smallest absolute Gasteiger partial charge is 0.275 e. The Kier molecular flexibility index (Phi) is 4.04. The number of amides is 1. The average molecular weight is 325 g/mol. The van der Waals surface area contributed by atoms with Gasteiger partial charge in [0.05, 0.1) is 24.4 Å². The highest BCUT2D eigenvalue weighted by atomic mass is 16.5. The first-order chi connectivity index (χ1) is 11.8. The largest absolute Gasteiger partial charge is 0.467 e. The maximum atomic E-state index is 13.1. The number of rotatable bonds is 5. The molecule has 1 aliphatic rings. The van der Waals surface area contributed by atoms with E-state index >= 15 is 0 Å². The maximum absolute atomic E-state index is 13.1. The molecule has 1 atom stereocenters. The summed E-state index contributed by atoms with van der Waals surface area (Å²) in [5, 5.41) is 7.99. The average Bonchev–Trinajstić information content (AvgIpc) is 3.35. The fourth-order valence-corrected chi connectivity index (χ4v) is 3.12. The van der Waals surface area contributed by atoms with Crippen LogP contribution in [0, 0.1) is 0 Å². The molecule has 1 amide bonds. The highest BCUT2D eigenvalue weighted by molar-refractivity contribution is 6.04. The fraction of sp³-hybridized carbons (Fsp3) is 0.333. The van der Waals surface area contributed by atoms with Crippen LogP contribution in [0.3, 0.4) is 0 Å². The molecule has 1 N–H and O–H groups in total. The Balaban J connectivity index is 1.62. The summed E-state index contributed by atoms with van der Waals surface area (Å²) in [6.45, 7) is 1.71. The summed E-state index contributed by atoms with van der Waals surface area (Å²) in [6.07, 6.45) is 3.71. The highest BCUT2D eigenvalue weighted by Crippen LogP contribution is 2.21. The van der Waals surface area contributed by atoms with Crippen molar-refractivity contribution < 1.29 is 13.9 Å². The second kappa shape index (κ2) is 6.49. The van der Waals surface area contributed by atoms with Crippen LogP contribution in [0.1, 0.15) is 29.1 Å². The third-order valence-corrected chi connectivity index (χ3v) is 4.33. The van der Waals surface area contributed by atoms with Gasteiger partial charge in [-0.25, -0.2) is 0 Å². The van der Waals surface area contributed by atoms with Gasteiger partial charge in [-0.3, -0.25) is 9.89 Å². The van der Waals surface area contributed by atoms with Crippen molar-refractivity contribution in [2.75, 3.05) is 13.2 Å². The molecular weight excluding hydrogens is 306 g/mol. The van der Waals surface area contributed by atoms with E-state index in [-0.39, 0.29) is 12.0 Å². The lowest BCUT2D eigenvalue weighted by Gasteiger charge is -2.24. The zero-order chi connectivity index (χ0) is 16.4. The van der Waals surface area contributed by atoms with Crippen molar-refractivity contribution in [3.63, 3.8) is 0 Å². The third kappa shape index (κ3) is 2.92. The molecule has 6 heteroatoms. The zero-order valence-corrected chi connectivity index (χ0v) is 13.3. The first-order valence-corrected chi connectivity index (χ1v) is 8.17. The minimum atomic E-state index is -0.112. The third-order valence-electron chi connectivity index (χ3n) is 4.33. The van der Waals surface area contributed by atoms with E-state index in [0.717, 1.165) is 36.1 Å². The number of carbonyl (C=O) groups excluding carboxylic acids is 1. The summed E-state index contributed by atoms with van der Waals surface area (Å²) in [5.41, 5.74) is 1.30. The number of benzene rings is 1. The van der Waals surface area contributed by atoms with Crippen LogP contribution < -0.4 is 0 Å². The van der Waals surface area contributed by atoms with Gasteiger partial charge in [-0.05, 0) is 31.0 Å². The number of nitrogens with one attached hydrogen (secondary N) is 1. The number of aromatic nitrogens is 2. The molecule has 3 heterocycles. The van der Waals surface area contributed by atoms with Gasteiger partial charge >= 0.3 is 0 Å². The van der Waals surface area contributed by atoms with E-state index in [1.54, 1.807) is 11.2 Å². The van der Waals surface area contributed by atoms with E-state index in [4.69, 9.17) is 9.15 Å². The molecule has 1 aromatic carbocycles. The molecular formula is C18H19N3O3. The molecule has 1 aliphatic heterocycles. The van der Waals surface area contributed by atoms with Crippen molar-refractivity contribution in [1.29, 1.82) is 0 Å². The Hall–Kier alpha value is -2.60. The molecule has 124 valence electrons. The lowest BCUT2D eigenvalue weighted by atomic mass is 10.1. The maximum Gasteiger partial charge on any atom is 0.275 e. The van der Waals surface area contributed by atoms with Crippen molar-refractivity contribution in [3.8, 4) is 0 Å². The number of furan rings is 1. The Labute approximate surface area is 139 Å². The minimum Gasteiger partial charge on any atom is -0.467 e. The fourth-order valence-electron chi connectivity index (χ4n) is 3.12. The van der Waals surface area contributed by atoms with E-state index in [1.807, 2.05) is 36.4 Å². The van der Waals surface area contributed by atoms with Crippen LogP contribution in [0.4, 0.5) is 0 Å². The molecule has 0 saturated carbocycles. The highest BCUT2D eigenvalue weighted by Gasteiger charge is 2.26. The number of fused-ring (bicyclic) bond motifs is 1. The summed E-state index contributed by atoms with van der Waals surface area (Å²) >= 11 is 0. The number of hydrogen-bond donors (Lipinski definition) is 1. The van der Waals surface area contributed by atoms with Crippen LogP contribution in [0.2, 0.25) is 0 Å².